The molecule has 0 spiro atoms. The molecule has 1 N–H and O–H groups in total. The number of carbonyl (C=O) groups is 4. The Balaban J connectivity index is 1.26. The van der Waals surface area contributed by atoms with E-state index in [0.717, 1.165) is 17.5 Å². The summed E-state index contributed by atoms with van der Waals surface area (Å²) in [5.41, 5.74) is 2.80. The minimum Gasteiger partial charge on any atom is -0.456 e. The molecule has 3 fully saturated rings. The van der Waals surface area contributed by atoms with Gasteiger partial charge in [0.15, 0.2) is 6.61 Å². The number of amides is 3. The van der Waals surface area contributed by atoms with Crippen molar-refractivity contribution in [1.29, 1.82) is 0 Å². The van der Waals surface area contributed by atoms with Gasteiger partial charge in [0.05, 0.1) is 18.3 Å². The standard InChI is InChI=1S/C22H24Br2N2O5/c1-10-3-4-12(7-11(10)2)25-15(27)9-31-16(28)5-6-26-21(29)17-13-8-14(18(17)22(26)30)20(24)19(13)23/h3-4,7,13-14,17-20H,5-6,8-9H2,1-2H3,(H,25,27)/t13-,14-,17-,18+,19-,20+/m1/s1. The molecule has 166 valence electrons. The van der Waals surface area contributed by atoms with Crippen molar-refractivity contribution in [3.63, 3.8) is 0 Å². The average Bonchev–Trinajstić information content (AvgIpc) is 3.33. The molecule has 3 amide bonds. The van der Waals surface area contributed by atoms with E-state index in [0.29, 0.717) is 5.69 Å². The first kappa shape index (κ1) is 22.5. The Morgan fingerprint density at radius 1 is 1.06 bits per heavy atom. The van der Waals surface area contributed by atoms with Gasteiger partial charge < -0.3 is 10.1 Å². The fourth-order valence-electron chi connectivity index (χ4n) is 5.07. The molecule has 4 rings (SSSR count). The summed E-state index contributed by atoms with van der Waals surface area (Å²) in [5.74, 6) is -1.75. The van der Waals surface area contributed by atoms with Crippen molar-refractivity contribution in [2.75, 3.05) is 18.5 Å². The Morgan fingerprint density at radius 2 is 1.68 bits per heavy atom. The van der Waals surface area contributed by atoms with E-state index in [1.54, 1.807) is 6.07 Å². The van der Waals surface area contributed by atoms with Crippen LogP contribution in [0.1, 0.15) is 24.0 Å². The first-order valence-corrected chi connectivity index (χ1v) is 12.2. The highest BCUT2D eigenvalue weighted by molar-refractivity contribution is 9.12. The number of nitrogens with zero attached hydrogens (tertiary/aromatic N) is 1. The van der Waals surface area contributed by atoms with Crippen molar-refractivity contribution in [3.05, 3.63) is 29.3 Å². The van der Waals surface area contributed by atoms with Crippen molar-refractivity contribution >= 4 is 61.2 Å². The van der Waals surface area contributed by atoms with E-state index in [1.165, 1.54) is 4.90 Å². The third kappa shape index (κ3) is 4.06. The maximum Gasteiger partial charge on any atom is 0.308 e. The van der Waals surface area contributed by atoms with Gasteiger partial charge in [0, 0.05) is 21.9 Å². The molecule has 1 aromatic rings. The number of nitrogens with one attached hydrogen (secondary N) is 1. The molecule has 3 aliphatic rings. The van der Waals surface area contributed by atoms with Crippen LogP contribution in [0.25, 0.3) is 0 Å². The zero-order valence-corrected chi connectivity index (χ0v) is 20.4. The highest BCUT2D eigenvalue weighted by Crippen LogP contribution is 2.60. The van der Waals surface area contributed by atoms with Crippen molar-refractivity contribution < 1.29 is 23.9 Å². The molecule has 0 unspecified atom stereocenters. The normalized spacial score (nSPS) is 31.2. The Hall–Kier alpha value is -1.74. The van der Waals surface area contributed by atoms with Crippen molar-refractivity contribution in [2.45, 2.75) is 36.3 Å². The van der Waals surface area contributed by atoms with Crippen molar-refractivity contribution in [1.82, 2.24) is 4.90 Å². The van der Waals surface area contributed by atoms with Crippen LogP contribution in [0.5, 0.6) is 0 Å². The van der Waals surface area contributed by atoms with Gasteiger partial charge in [-0.3, -0.25) is 24.1 Å². The average molecular weight is 556 g/mol. The molecule has 7 nitrogen and oxygen atoms in total. The van der Waals surface area contributed by atoms with Gasteiger partial charge in [0.2, 0.25) is 11.8 Å². The van der Waals surface area contributed by atoms with Gasteiger partial charge in [-0.05, 0) is 55.4 Å². The number of ether oxygens (including phenoxy) is 1. The van der Waals surface area contributed by atoms with E-state index in [9.17, 15) is 19.2 Å². The molecule has 9 heteroatoms. The van der Waals surface area contributed by atoms with Gasteiger partial charge in [-0.1, -0.05) is 37.9 Å². The van der Waals surface area contributed by atoms with E-state index in [2.05, 4.69) is 37.2 Å². The third-order valence-corrected chi connectivity index (χ3v) is 9.98. The quantitative estimate of drug-likeness (QED) is 0.331. The smallest absolute Gasteiger partial charge is 0.308 e. The minimum atomic E-state index is -0.618. The zero-order valence-electron chi connectivity index (χ0n) is 17.3. The minimum absolute atomic E-state index is 0.0123. The lowest BCUT2D eigenvalue weighted by Crippen LogP contribution is -2.37. The molecule has 1 aromatic carbocycles. The highest BCUT2D eigenvalue weighted by Gasteiger charge is 2.66. The van der Waals surface area contributed by atoms with Gasteiger partial charge in [-0.2, -0.15) is 0 Å². The van der Waals surface area contributed by atoms with Crippen LogP contribution >= 0.6 is 31.9 Å². The second kappa shape index (κ2) is 8.65. The monoisotopic (exact) mass is 554 g/mol. The molecule has 2 saturated carbocycles. The van der Waals surface area contributed by atoms with Gasteiger partial charge in [-0.25, -0.2) is 0 Å². The van der Waals surface area contributed by atoms with E-state index in [4.69, 9.17) is 4.74 Å². The van der Waals surface area contributed by atoms with Crippen molar-refractivity contribution in [2.24, 2.45) is 23.7 Å². The maximum absolute atomic E-state index is 12.8. The first-order chi connectivity index (χ1) is 14.7. The van der Waals surface area contributed by atoms with E-state index < -0.39 is 18.5 Å². The fourth-order valence-corrected chi connectivity index (χ4v) is 6.94. The number of benzene rings is 1. The molecule has 0 radical (unpaired) electrons. The number of hydrogen-bond acceptors (Lipinski definition) is 5. The second-order valence-electron chi connectivity index (χ2n) is 8.59. The number of imide groups is 1. The predicted molar refractivity (Wildman–Crippen MR) is 121 cm³/mol. The summed E-state index contributed by atoms with van der Waals surface area (Å²) < 4.78 is 5.03. The Labute approximate surface area is 197 Å². The van der Waals surface area contributed by atoms with Crippen LogP contribution in [0, 0.1) is 37.5 Å². The lowest BCUT2D eigenvalue weighted by atomic mass is 9.81. The van der Waals surface area contributed by atoms with E-state index in [1.807, 2.05) is 26.0 Å². The summed E-state index contributed by atoms with van der Waals surface area (Å²) in [4.78, 5) is 51.3. The SMILES string of the molecule is Cc1ccc(NC(=O)COC(=O)CCN2C(=O)[C@@H]3[C@H]4C[C@@H]([C@H](Br)[C@@H]4Br)[C@@H]3C2=O)cc1C. The fraction of sp³-hybridized carbons (Fsp3) is 0.545. The molecule has 31 heavy (non-hydrogen) atoms. The largest absolute Gasteiger partial charge is 0.456 e. The van der Waals surface area contributed by atoms with E-state index in [-0.39, 0.29) is 58.1 Å². The van der Waals surface area contributed by atoms with Crippen LogP contribution in [0.3, 0.4) is 0 Å². The Morgan fingerprint density at radius 3 is 2.26 bits per heavy atom. The third-order valence-electron chi connectivity index (χ3n) is 6.77. The first-order valence-electron chi connectivity index (χ1n) is 10.3. The number of fused-ring (bicyclic) bond motifs is 5. The Bertz CT molecular complexity index is 920. The number of rotatable bonds is 6. The zero-order chi connectivity index (χ0) is 22.4. The summed E-state index contributed by atoms with van der Waals surface area (Å²) in [6.07, 6.45) is 0.739. The maximum atomic E-state index is 12.8. The highest BCUT2D eigenvalue weighted by atomic mass is 79.9. The van der Waals surface area contributed by atoms with Gasteiger partial charge in [0.25, 0.3) is 5.91 Å². The van der Waals surface area contributed by atoms with Crippen LogP contribution < -0.4 is 5.32 Å². The number of halogens is 2. The molecule has 6 atom stereocenters. The number of alkyl halides is 2. The molecule has 1 aliphatic heterocycles. The summed E-state index contributed by atoms with van der Waals surface area (Å²) in [6.45, 7) is 3.50. The van der Waals surface area contributed by atoms with Gasteiger partial charge in [0.1, 0.15) is 0 Å². The number of anilines is 1. The molecular formula is C22H24Br2N2O5. The summed E-state index contributed by atoms with van der Waals surface area (Å²) in [5, 5.41) is 2.68. The predicted octanol–water partition coefficient (Wildman–Crippen LogP) is 2.95. The summed E-state index contributed by atoms with van der Waals surface area (Å²) in [7, 11) is 0. The Kier molecular flexibility index (Phi) is 6.27. The van der Waals surface area contributed by atoms with Crippen LogP contribution in [0.2, 0.25) is 0 Å². The molecule has 0 aromatic heterocycles. The lowest BCUT2D eigenvalue weighted by Gasteiger charge is -2.28. The number of likely N-dealkylation sites (tertiary alicyclic amines) is 1. The number of carbonyl (C=O) groups excluding carboxylic acids is 4. The van der Waals surface area contributed by atoms with Gasteiger partial charge in [-0.15, -0.1) is 0 Å². The van der Waals surface area contributed by atoms with E-state index >= 15 is 0 Å². The number of hydrogen-bond donors (Lipinski definition) is 1. The van der Waals surface area contributed by atoms with Gasteiger partial charge >= 0.3 is 5.97 Å². The molecule has 2 bridgehead atoms. The topological polar surface area (TPSA) is 92.8 Å². The van der Waals surface area contributed by atoms with Crippen LogP contribution in [0.15, 0.2) is 18.2 Å². The van der Waals surface area contributed by atoms with Crippen LogP contribution in [-0.2, 0) is 23.9 Å². The van der Waals surface area contributed by atoms with Crippen LogP contribution in [0.4, 0.5) is 5.69 Å². The second-order valence-corrected chi connectivity index (χ2v) is 10.7. The number of esters is 1. The molecule has 1 heterocycles. The van der Waals surface area contributed by atoms with Crippen molar-refractivity contribution in [3.8, 4) is 0 Å². The lowest BCUT2D eigenvalue weighted by molar-refractivity contribution is -0.149. The molecule has 2 aliphatic carbocycles. The summed E-state index contributed by atoms with van der Waals surface area (Å²) >= 11 is 7.30. The summed E-state index contributed by atoms with van der Waals surface area (Å²) in [6, 6.07) is 5.53. The number of aryl methyl sites for hydroxylation is 2. The molecular weight excluding hydrogens is 532 g/mol. The molecule has 1 saturated heterocycles. The van der Waals surface area contributed by atoms with Crippen LogP contribution in [-0.4, -0.2) is 51.4 Å².